The van der Waals surface area contributed by atoms with Crippen molar-refractivity contribution < 1.29 is 19.4 Å². The van der Waals surface area contributed by atoms with E-state index in [0.717, 1.165) is 4.90 Å². The van der Waals surface area contributed by atoms with Crippen molar-refractivity contribution in [2.75, 3.05) is 12.8 Å². The Morgan fingerprint density at radius 3 is 1.79 bits per heavy atom. The Bertz CT molecular complexity index is 357. The van der Waals surface area contributed by atoms with Gasteiger partial charge in [-0.1, -0.05) is 20.8 Å². The summed E-state index contributed by atoms with van der Waals surface area (Å²) < 4.78 is 5.24. The first kappa shape index (κ1) is 18.1. The molecule has 0 aliphatic rings. The van der Waals surface area contributed by atoms with Gasteiger partial charge in [0.25, 0.3) is 0 Å². The summed E-state index contributed by atoms with van der Waals surface area (Å²) in [6.45, 7) is 10.5. The summed E-state index contributed by atoms with van der Waals surface area (Å²) in [5.41, 5.74) is -2.80. The Balaban J connectivity index is 5.54. The van der Waals surface area contributed by atoms with Gasteiger partial charge >= 0.3 is 12.1 Å². The fraction of sp³-hybridized carbons (Fsp3) is 0.846. The van der Waals surface area contributed by atoms with Gasteiger partial charge in [-0.15, -0.1) is 0 Å². The maximum absolute atomic E-state index is 12.1. The molecule has 112 valence electrons. The van der Waals surface area contributed by atoms with E-state index in [1.807, 2.05) is 0 Å². The van der Waals surface area contributed by atoms with Gasteiger partial charge in [0.2, 0.25) is 0 Å². The standard InChI is InChI=1S/C13H25NO4S/c1-11(2,3)13(8-19,9(15)16)14(7)10(17)18-12(4,5)6/h19H,8H2,1-7H3,(H,15,16)/t13-/m0/s1. The third-order valence-electron chi connectivity index (χ3n) is 3.06. The van der Waals surface area contributed by atoms with Crippen LogP contribution in [0, 0.1) is 5.41 Å². The monoisotopic (exact) mass is 291 g/mol. The number of hydrogen-bond acceptors (Lipinski definition) is 4. The highest BCUT2D eigenvalue weighted by atomic mass is 32.1. The molecule has 6 heteroatoms. The van der Waals surface area contributed by atoms with Crippen LogP contribution in [0.2, 0.25) is 0 Å². The second-order valence-corrected chi connectivity index (χ2v) is 6.93. The summed E-state index contributed by atoms with van der Waals surface area (Å²) in [7, 11) is 1.43. The lowest BCUT2D eigenvalue weighted by atomic mass is 9.73. The predicted octanol–water partition coefficient (Wildman–Crippen LogP) is 2.65. The van der Waals surface area contributed by atoms with E-state index in [-0.39, 0.29) is 5.75 Å². The first-order valence-electron chi connectivity index (χ1n) is 6.10. The summed E-state index contributed by atoms with van der Waals surface area (Å²) in [5.74, 6) is -1.09. The van der Waals surface area contributed by atoms with Gasteiger partial charge in [0.15, 0.2) is 5.54 Å². The molecule has 0 aromatic carbocycles. The van der Waals surface area contributed by atoms with E-state index in [0.29, 0.717) is 0 Å². The van der Waals surface area contributed by atoms with Crippen LogP contribution in [0.15, 0.2) is 0 Å². The number of hydrogen-bond donors (Lipinski definition) is 2. The third-order valence-corrected chi connectivity index (χ3v) is 3.52. The number of carbonyl (C=O) groups is 2. The van der Waals surface area contributed by atoms with Crippen LogP contribution in [0.4, 0.5) is 4.79 Å². The Labute approximate surface area is 120 Å². The van der Waals surface area contributed by atoms with Crippen LogP contribution in [0.3, 0.4) is 0 Å². The van der Waals surface area contributed by atoms with Crippen LogP contribution >= 0.6 is 12.6 Å². The number of rotatable bonds is 3. The lowest BCUT2D eigenvalue weighted by Crippen LogP contribution is -2.64. The lowest BCUT2D eigenvalue weighted by molar-refractivity contribution is -0.156. The van der Waals surface area contributed by atoms with E-state index in [2.05, 4.69) is 12.6 Å². The predicted molar refractivity (Wildman–Crippen MR) is 77.7 cm³/mol. The molecule has 0 aromatic rings. The summed E-state index contributed by atoms with van der Waals surface area (Å²) in [6.07, 6.45) is -0.668. The molecule has 1 atom stereocenters. The second kappa shape index (κ2) is 5.61. The number of carboxylic acid groups (broad SMARTS) is 1. The summed E-state index contributed by atoms with van der Waals surface area (Å²) in [6, 6.07) is 0. The zero-order valence-corrected chi connectivity index (χ0v) is 13.7. The number of carboxylic acids is 1. The molecular weight excluding hydrogens is 266 g/mol. The molecule has 1 N–H and O–H groups in total. The topological polar surface area (TPSA) is 66.8 Å². The Kier molecular flexibility index (Phi) is 5.34. The number of carbonyl (C=O) groups excluding carboxylic acids is 1. The first-order valence-corrected chi connectivity index (χ1v) is 6.74. The molecule has 0 aliphatic carbocycles. The third kappa shape index (κ3) is 3.78. The van der Waals surface area contributed by atoms with E-state index in [1.54, 1.807) is 41.5 Å². The zero-order valence-electron chi connectivity index (χ0n) is 12.8. The van der Waals surface area contributed by atoms with Gasteiger partial charge in [-0.2, -0.15) is 12.6 Å². The normalized spacial score (nSPS) is 15.6. The number of aliphatic carboxylic acids is 1. The zero-order chi connectivity index (χ0) is 15.6. The maximum atomic E-state index is 12.1. The van der Waals surface area contributed by atoms with Crippen molar-refractivity contribution in [2.45, 2.75) is 52.7 Å². The average Bonchev–Trinajstić information content (AvgIpc) is 2.13. The molecule has 0 fully saturated rings. The molecule has 0 radical (unpaired) electrons. The van der Waals surface area contributed by atoms with E-state index >= 15 is 0 Å². The van der Waals surface area contributed by atoms with Crippen LogP contribution in [0.5, 0.6) is 0 Å². The molecule has 0 saturated carbocycles. The van der Waals surface area contributed by atoms with Crippen LogP contribution in [0.25, 0.3) is 0 Å². The van der Waals surface area contributed by atoms with E-state index < -0.39 is 28.6 Å². The molecule has 0 unspecified atom stereocenters. The minimum Gasteiger partial charge on any atom is -0.479 e. The van der Waals surface area contributed by atoms with Gasteiger partial charge in [0, 0.05) is 12.8 Å². The summed E-state index contributed by atoms with van der Waals surface area (Å²) >= 11 is 4.15. The van der Waals surface area contributed by atoms with Crippen molar-refractivity contribution in [3.63, 3.8) is 0 Å². The van der Waals surface area contributed by atoms with Crippen molar-refractivity contribution in [3.8, 4) is 0 Å². The summed E-state index contributed by atoms with van der Waals surface area (Å²) in [4.78, 5) is 25.0. The molecule has 0 spiro atoms. The average molecular weight is 291 g/mol. The summed E-state index contributed by atoms with van der Waals surface area (Å²) in [5, 5.41) is 9.58. The highest BCUT2D eigenvalue weighted by Crippen LogP contribution is 2.37. The smallest absolute Gasteiger partial charge is 0.411 e. The Morgan fingerprint density at radius 2 is 1.58 bits per heavy atom. The van der Waals surface area contributed by atoms with Gasteiger partial charge in [-0.3, -0.25) is 4.90 Å². The van der Waals surface area contributed by atoms with Gasteiger partial charge in [-0.25, -0.2) is 9.59 Å². The molecule has 0 rings (SSSR count). The van der Waals surface area contributed by atoms with Gasteiger partial charge in [0.05, 0.1) is 0 Å². The van der Waals surface area contributed by atoms with Crippen molar-refractivity contribution in [2.24, 2.45) is 5.41 Å². The number of amides is 1. The molecular formula is C13H25NO4S. The molecule has 5 nitrogen and oxygen atoms in total. The Morgan fingerprint density at radius 1 is 1.16 bits per heavy atom. The fourth-order valence-electron chi connectivity index (χ4n) is 1.86. The Hall–Kier alpha value is -0.910. The number of thiol groups is 1. The van der Waals surface area contributed by atoms with Crippen LogP contribution in [-0.4, -0.2) is 46.0 Å². The number of likely N-dealkylation sites (N-methyl/N-ethyl adjacent to an activating group) is 1. The van der Waals surface area contributed by atoms with Crippen molar-refractivity contribution in [3.05, 3.63) is 0 Å². The molecule has 0 heterocycles. The molecule has 0 aromatic heterocycles. The minimum absolute atomic E-state index is 0.00156. The van der Waals surface area contributed by atoms with Crippen LogP contribution < -0.4 is 0 Å². The molecule has 19 heavy (non-hydrogen) atoms. The van der Waals surface area contributed by atoms with E-state index in [4.69, 9.17) is 4.74 Å². The second-order valence-electron chi connectivity index (χ2n) is 6.61. The van der Waals surface area contributed by atoms with E-state index in [9.17, 15) is 14.7 Å². The number of ether oxygens (including phenoxy) is 1. The molecule has 0 bridgehead atoms. The number of nitrogens with zero attached hydrogens (tertiary/aromatic N) is 1. The van der Waals surface area contributed by atoms with Gasteiger partial charge in [0.1, 0.15) is 5.60 Å². The first-order chi connectivity index (χ1) is 8.29. The molecule has 0 saturated heterocycles. The van der Waals surface area contributed by atoms with Crippen molar-refractivity contribution >= 4 is 24.7 Å². The quantitative estimate of drug-likeness (QED) is 0.785. The largest absolute Gasteiger partial charge is 0.479 e. The highest BCUT2D eigenvalue weighted by molar-refractivity contribution is 7.80. The van der Waals surface area contributed by atoms with Gasteiger partial charge in [-0.05, 0) is 26.2 Å². The molecule has 0 aliphatic heterocycles. The minimum atomic E-state index is -1.43. The van der Waals surface area contributed by atoms with Crippen LogP contribution in [-0.2, 0) is 9.53 Å². The highest BCUT2D eigenvalue weighted by Gasteiger charge is 2.53. The van der Waals surface area contributed by atoms with E-state index in [1.165, 1.54) is 7.05 Å². The maximum Gasteiger partial charge on any atom is 0.411 e. The van der Waals surface area contributed by atoms with Crippen molar-refractivity contribution in [1.29, 1.82) is 0 Å². The fourth-order valence-corrected chi connectivity index (χ4v) is 2.69. The lowest BCUT2D eigenvalue weighted by Gasteiger charge is -2.46. The SMILES string of the molecule is CN(C(=O)OC(C)(C)C)[C@@](CS)(C(=O)O)C(C)(C)C. The van der Waals surface area contributed by atoms with Gasteiger partial charge < -0.3 is 9.84 Å². The van der Waals surface area contributed by atoms with Crippen molar-refractivity contribution in [1.82, 2.24) is 4.90 Å². The molecule has 1 amide bonds. The van der Waals surface area contributed by atoms with Crippen LogP contribution in [0.1, 0.15) is 41.5 Å².